The van der Waals surface area contributed by atoms with Crippen molar-refractivity contribution in [3.05, 3.63) is 302 Å². The lowest BCUT2D eigenvalue weighted by Crippen LogP contribution is -2.30. The Morgan fingerprint density at radius 1 is 0.514 bits per heavy atom. The standard InChI is InChI=1S/C24H20.C20H20.C18H17NO2S.C14H15BrO2.C13H20O2.C11H16/c1-15(2)14-17-12-13-22-20-10-4-7-16-6-3-9-19(23(16)20)21-11-5-8-18(17)24(21)22;1-13(2)11-17-12-16-7-3-5-14-9-10-15-6-4-8-18(17)20(15)19(14)16;1-11(2)9-16(21)12-7-8-15(20)13(10-12)18-19-14-5-3-4-6-17(14)22-18;1-8(2)4-10-5-9(3)17-14-7-13(16)12(15)6-11(10)14;1-9(2)6-11-8-13(15-5)12(14-4)7-10(11)3;1-9(2)8-11-7-5-4-6-10(11)3/h3-13,15H,14H2,1-2H3;3-10,12-13,19-20H,11H2,1-2H3;3-8,10-11,20H,9H2,1-2H3;5-8,16H,3-4H2,1-2H3;7-9H,6H2,1-5H3;4-7,9H,8H2,1-3H3. The lowest BCUT2D eigenvalue weighted by atomic mass is 9.62. The van der Waals surface area contributed by atoms with Crippen LogP contribution < -0.4 is 14.2 Å². The van der Waals surface area contributed by atoms with E-state index in [2.05, 4.69) is 262 Å². The van der Waals surface area contributed by atoms with Crippen molar-refractivity contribution in [1.29, 1.82) is 0 Å². The second kappa shape index (κ2) is 36.2. The quantitative estimate of drug-likeness (QED) is 0.0565. The summed E-state index contributed by atoms with van der Waals surface area (Å²) in [5.41, 5.74) is 18.9. The van der Waals surface area contributed by atoms with E-state index in [-0.39, 0.29) is 17.3 Å². The number of benzene rings is 10. The summed E-state index contributed by atoms with van der Waals surface area (Å²) in [6.07, 6.45) is 28.7. The van der Waals surface area contributed by atoms with Crippen LogP contribution in [0.4, 0.5) is 0 Å². The van der Waals surface area contributed by atoms with Gasteiger partial charge in [-0.05, 0) is 256 Å². The molecule has 109 heavy (non-hydrogen) atoms. The van der Waals surface area contributed by atoms with Gasteiger partial charge in [0.05, 0.1) is 34.5 Å². The Hall–Kier alpha value is -9.80. The van der Waals surface area contributed by atoms with Gasteiger partial charge in [0.25, 0.3) is 0 Å². The summed E-state index contributed by atoms with van der Waals surface area (Å²) in [6, 6.07) is 54.0. The SMILES string of the molecule is C=C1C=C(CC(C)C)c2cc(Br)c(O)cc2O1.CC(C)CC(=O)c1ccc(O)c(-c2nc3ccccc3s2)c1.CC(C)CC1=CC2=CC=CC3=CC=C4C=CC=C1C4C32.CC(C)Cc1ccc2c3cccc4cccc(c5cccc1c52)c43.COc1cc(C)c(CC(C)C)cc1OC.Cc1ccccc1CC(C)C. The van der Waals surface area contributed by atoms with Crippen molar-refractivity contribution in [2.75, 3.05) is 14.2 Å². The minimum atomic E-state index is 0.0948. The highest BCUT2D eigenvalue weighted by Crippen LogP contribution is 2.52. The number of methoxy groups -OCH3 is 2. The summed E-state index contributed by atoms with van der Waals surface area (Å²) in [4.78, 5) is 16.8. The lowest BCUT2D eigenvalue weighted by Gasteiger charge is -2.41. The average molecular weight is 1530 g/mol. The molecule has 0 saturated carbocycles. The predicted molar refractivity (Wildman–Crippen MR) is 467 cm³/mol. The molecule has 2 heterocycles. The zero-order chi connectivity index (χ0) is 77.9. The number of fused-ring (bicyclic) bond motifs is 4. The Balaban J connectivity index is 0.000000132. The number of Topliss-reactive ketones (excluding diaryl/α,β-unsaturated/α-hetero) is 1. The molecular weight excluding hydrogens is 1420 g/mol. The number of aromatic nitrogens is 1. The number of hydrogen-bond acceptors (Lipinski definition) is 8. The number of rotatable bonds is 16. The molecule has 0 radical (unpaired) electrons. The van der Waals surface area contributed by atoms with Crippen LogP contribution in [0, 0.1) is 61.2 Å². The number of phenols is 2. The van der Waals surface area contributed by atoms with Crippen molar-refractivity contribution in [3.8, 4) is 39.3 Å². The van der Waals surface area contributed by atoms with Gasteiger partial charge >= 0.3 is 0 Å². The molecule has 562 valence electrons. The highest BCUT2D eigenvalue weighted by molar-refractivity contribution is 9.10. The van der Waals surface area contributed by atoms with Gasteiger partial charge in [0.1, 0.15) is 28.0 Å². The Morgan fingerprint density at radius 2 is 1.09 bits per heavy atom. The van der Waals surface area contributed by atoms with Crippen LogP contribution in [-0.2, 0) is 19.3 Å². The Labute approximate surface area is 660 Å². The maximum Gasteiger partial charge on any atom is 0.163 e. The summed E-state index contributed by atoms with van der Waals surface area (Å²) >= 11 is 4.84. The molecule has 0 bridgehead atoms. The van der Waals surface area contributed by atoms with Crippen LogP contribution in [0.1, 0.15) is 146 Å². The monoisotopic (exact) mass is 1530 g/mol. The second-order valence-electron chi connectivity index (χ2n) is 32.0. The normalized spacial score (nSPS) is 15.1. The lowest BCUT2D eigenvalue weighted by molar-refractivity contribution is 0.0967. The first-order valence-electron chi connectivity index (χ1n) is 38.8. The van der Waals surface area contributed by atoms with E-state index < -0.39 is 0 Å². The number of phenolic OH excluding ortho intramolecular Hbond substituents is 2. The van der Waals surface area contributed by atoms with Crippen molar-refractivity contribution in [1.82, 2.24) is 4.98 Å². The maximum atomic E-state index is 12.2. The third-order valence-electron chi connectivity index (χ3n) is 20.3. The van der Waals surface area contributed by atoms with Crippen molar-refractivity contribution in [2.45, 2.75) is 135 Å². The molecule has 2 unspecified atom stereocenters. The van der Waals surface area contributed by atoms with Crippen LogP contribution >= 0.6 is 27.3 Å². The van der Waals surface area contributed by atoms with Crippen LogP contribution in [0.15, 0.2) is 263 Å². The first-order valence-corrected chi connectivity index (χ1v) is 40.4. The number of ether oxygens (including phenoxy) is 3. The number of ketones is 1. The first-order chi connectivity index (χ1) is 52.3. The van der Waals surface area contributed by atoms with E-state index in [4.69, 9.17) is 14.2 Å². The molecule has 7 nitrogen and oxygen atoms in total. The fourth-order valence-corrected chi connectivity index (χ4v) is 16.8. The van der Waals surface area contributed by atoms with Crippen LogP contribution in [0.5, 0.6) is 28.7 Å². The summed E-state index contributed by atoms with van der Waals surface area (Å²) in [6.45, 7) is 34.7. The van der Waals surface area contributed by atoms with Gasteiger partial charge in [0.2, 0.25) is 0 Å². The van der Waals surface area contributed by atoms with Gasteiger partial charge in [-0.25, -0.2) is 4.98 Å². The Kier molecular flexibility index (Phi) is 26.6. The number of halogens is 1. The van der Waals surface area contributed by atoms with E-state index >= 15 is 0 Å². The number of nitrogens with zero attached hydrogens (tertiary/aromatic N) is 1. The number of aryl methyl sites for hydroxylation is 2. The minimum Gasteiger partial charge on any atom is -0.507 e. The van der Waals surface area contributed by atoms with Crippen molar-refractivity contribution in [2.24, 2.45) is 47.3 Å². The topological polar surface area (TPSA) is 98.1 Å². The molecule has 2 N–H and O–H groups in total. The molecule has 0 saturated heterocycles. The van der Waals surface area contributed by atoms with E-state index in [1.54, 1.807) is 49.6 Å². The largest absolute Gasteiger partial charge is 0.507 e. The van der Waals surface area contributed by atoms with Gasteiger partial charge in [-0.15, -0.1) is 11.3 Å². The van der Waals surface area contributed by atoms with Gasteiger partial charge in [0, 0.05) is 35.4 Å². The fourth-order valence-electron chi connectivity index (χ4n) is 15.5. The van der Waals surface area contributed by atoms with E-state index in [1.165, 1.54) is 117 Å². The average Bonchev–Trinajstić information content (AvgIpc) is 1.44. The van der Waals surface area contributed by atoms with Crippen molar-refractivity contribution < 1.29 is 29.2 Å². The van der Waals surface area contributed by atoms with Gasteiger partial charge in [-0.3, -0.25) is 4.79 Å². The zero-order valence-electron chi connectivity index (χ0n) is 66.6. The molecule has 4 aliphatic carbocycles. The Bertz CT molecular complexity index is 5320. The van der Waals surface area contributed by atoms with Gasteiger partial charge in [-0.1, -0.05) is 247 Å². The third kappa shape index (κ3) is 19.3. The molecule has 0 spiro atoms. The fraction of sp³-hybridized carbons (Fsp3) is 0.300. The number of carbonyl (C=O) groups excluding carboxylic acids is 1. The van der Waals surface area contributed by atoms with E-state index in [1.807, 2.05) is 56.3 Å². The van der Waals surface area contributed by atoms with E-state index in [0.29, 0.717) is 75.0 Å². The van der Waals surface area contributed by atoms with E-state index in [0.717, 1.165) is 57.5 Å². The molecule has 10 aromatic carbocycles. The molecule has 9 heteroatoms. The molecular formula is C100H108BrNO6S. The molecule has 1 aliphatic heterocycles. The number of allylic oxidation sites excluding steroid dienone is 16. The van der Waals surface area contributed by atoms with Gasteiger partial charge in [0.15, 0.2) is 17.3 Å². The third-order valence-corrected chi connectivity index (χ3v) is 22.0. The Morgan fingerprint density at radius 3 is 1.74 bits per heavy atom. The zero-order valence-corrected chi connectivity index (χ0v) is 69.0. The van der Waals surface area contributed by atoms with Crippen molar-refractivity contribution in [3.63, 3.8) is 0 Å². The summed E-state index contributed by atoms with van der Waals surface area (Å²) < 4.78 is 17.8. The molecule has 5 aliphatic rings. The number of carbonyl (C=O) groups is 1. The first kappa shape index (κ1) is 80.2. The highest BCUT2D eigenvalue weighted by Gasteiger charge is 2.39. The minimum absolute atomic E-state index is 0.0948. The predicted octanol–water partition coefficient (Wildman–Crippen LogP) is 27.8. The molecule has 11 aromatic rings. The highest BCUT2D eigenvalue weighted by atomic mass is 79.9. The molecule has 0 amide bonds. The van der Waals surface area contributed by atoms with Gasteiger partial charge < -0.3 is 24.4 Å². The van der Waals surface area contributed by atoms with Crippen LogP contribution in [0.3, 0.4) is 0 Å². The summed E-state index contributed by atoms with van der Waals surface area (Å²) in [5, 5.41) is 31.6. The summed E-state index contributed by atoms with van der Waals surface area (Å²) in [7, 11) is 3.34. The second-order valence-corrected chi connectivity index (χ2v) is 33.9. The molecule has 2 atom stereocenters. The number of hydrogen-bond donors (Lipinski definition) is 2. The van der Waals surface area contributed by atoms with Crippen LogP contribution in [0.2, 0.25) is 0 Å². The number of thiazole rings is 1. The number of para-hydroxylation sites is 1. The van der Waals surface area contributed by atoms with Crippen molar-refractivity contribution >= 4 is 91.9 Å². The van der Waals surface area contributed by atoms with Gasteiger partial charge in [-0.2, -0.15) is 0 Å². The summed E-state index contributed by atoms with van der Waals surface area (Å²) in [5.74, 6) is 8.11. The molecule has 0 fully saturated rings. The van der Waals surface area contributed by atoms with E-state index in [9.17, 15) is 15.0 Å². The van der Waals surface area contributed by atoms with Crippen LogP contribution in [-0.4, -0.2) is 35.2 Å². The smallest absolute Gasteiger partial charge is 0.163 e. The maximum absolute atomic E-state index is 12.2. The molecule has 1 aromatic heterocycles. The molecule has 16 rings (SSSR count). The van der Waals surface area contributed by atoms with Crippen LogP contribution in [0.25, 0.3) is 69.5 Å². The number of aromatic hydroxyl groups is 2.